The fourth-order valence-electron chi connectivity index (χ4n) is 3.05. The molecule has 0 spiro atoms. The van der Waals surface area contributed by atoms with Crippen molar-refractivity contribution in [1.82, 2.24) is 5.32 Å². The maximum atomic E-state index is 13.8. The van der Waals surface area contributed by atoms with Crippen LogP contribution in [0, 0.1) is 11.6 Å². The van der Waals surface area contributed by atoms with Gasteiger partial charge in [-0.1, -0.05) is 6.07 Å². The molecule has 0 heterocycles. The summed E-state index contributed by atoms with van der Waals surface area (Å²) < 4.78 is 27.1. The highest BCUT2D eigenvalue weighted by molar-refractivity contribution is 5.47. The zero-order chi connectivity index (χ0) is 15.0. The molecule has 0 aliphatic heterocycles. The van der Waals surface area contributed by atoms with E-state index in [1.54, 1.807) is 0 Å². The number of nitrogens with one attached hydrogen (secondary N) is 1. The zero-order valence-electron chi connectivity index (χ0n) is 11.9. The van der Waals surface area contributed by atoms with Gasteiger partial charge in [-0.25, -0.2) is 8.78 Å². The van der Waals surface area contributed by atoms with E-state index >= 15 is 0 Å². The summed E-state index contributed by atoms with van der Waals surface area (Å²) in [5.74, 6) is -0.799. The molecule has 3 rings (SSSR count). The number of anilines is 1. The number of aryl methyl sites for hydroxylation is 1. The van der Waals surface area contributed by atoms with Crippen molar-refractivity contribution in [2.75, 3.05) is 5.73 Å². The Morgan fingerprint density at radius 3 is 2.81 bits per heavy atom. The fraction of sp³-hybridized carbons (Fsp3) is 0.294. The van der Waals surface area contributed by atoms with Gasteiger partial charge in [-0.2, -0.15) is 0 Å². The third-order valence-corrected chi connectivity index (χ3v) is 4.12. The summed E-state index contributed by atoms with van der Waals surface area (Å²) in [5.41, 5.74) is 9.35. The van der Waals surface area contributed by atoms with Crippen LogP contribution in [0.4, 0.5) is 14.5 Å². The van der Waals surface area contributed by atoms with Crippen LogP contribution in [0.3, 0.4) is 0 Å². The number of fused-ring (bicyclic) bond motifs is 1. The van der Waals surface area contributed by atoms with E-state index in [1.165, 1.54) is 23.3 Å². The van der Waals surface area contributed by atoms with E-state index < -0.39 is 5.82 Å². The minimum atomic E-state index is -0.417. The summed E-state index contributed by atoms with van der Waals surface area (Å²) in [7, 11) is 0. The van der Waals surface area contributed by atoms with Crippen LogP contribution >= 0.6 is 0 Å². The van der Waals surface area contributed by atoms with Crippen molar-refractivity contribution >= 4 is 5.69 Å². The van der Waals surface area contributed by atoms with Gasteiger partial charge in [0.05, 0.1) is 0 Å². The minimum absolute atomic E-state index is 0.151. The molecular formula is C17H18F2N2. The largest absolute Gasteiger partial charge is 0.399 e. The van der Waals surface area contributed by atoms with Crippen molar-refractivity contribution in [3.05, 3.63) is 64.7 Å². The number of halogens is 2. The highest BCUT2D eigenvalue weighted by atomic mass is 19.1. The van der Waals surface area contributed by atoms with E-state index in [1.807, 2.05) is 25.1 Å². The average molecular weight is 288 g/mol. The molecule has 0 radical (unpaired) electrons. The molecule has 0 aromatic heterocycles. The Morgan fingerprint density at radius 2 is 2.00 bits per heavy atom. The fourth-order valence-corrected chi connectivity index (χ4v) is 3.05. The molecule has 4 heteroatoms. The molecule has 2 unspecified atom stereocenters. The second-order valence-corrected chi connectivity index (χ2v) is 5.60. The number of nitrogen functional groups attached to an aromatic ring is 1. The average Bonchev–Trinajstić information content (AvgIpc) is 2.83. The molecular weight excluding hydrogens is 270 g/mol. The molecule has 0 saturated carbocycles. The van der Waals surface area contributed by atoms with Crippen molar-refractivity contribution < 1.29 is 8.78 Å². The van der Waals surface area contributed by atoms with E-state index in [-0.39, 0.29) is 17.9 Å². The number of hydrogen-bond donors (Lipinski definition) is 2. The Morgan fingerprint density at radius 1 is 1.19 bits per heavy atom. The number of nitrogens with two attached hydrogens (primary N) is 1. The Labute approximate surface area is 123 Å². The van der Waals surface area contributed by atoms with Crippen LogP contribution in [0.15, 0.2) is 36.4 Å². The summed E-state index contributed by atoms with van der Waals surface area (Å²) >= 11 is 0. The van der Waals surface area contributed by atoms with Crippen molar-refractivity contribution in [3.8, 4) is 0 Å². The van der Waals surface area contributed by atoms with Crippen molar-refractivity contribution in [2.24, 2.45) is 0 Å². The molecule has 3 N–H and O–H groups in total. The molecule has 2 aromatic carbocycles. The number of hydrogen-bond acceptors (Lipinski definition) is 2. The predicted octanol–water partition coefficient (Wildman–Crippen LogP) is 3.89. The van der Waals surface area contributed by atoms with Crippen LogP contribution in [0.5, 0.6) is 0 Å². The summed E-state index contributed by atoms with van der Waals surface area (Å²) in [6.07, 6.45) is 1.90. The van der Waals surface area contributed by atoms with E-state index in [9.17, 15) is 8.78 Å². The Kier molecular flexibility index (Phi) is 3.64. The Bertz CT molecular complexity index is 670. The van der Waals surface area contributed by atoms with E-state index in [2.05, 4.69) is 5.32 Å². The molecule has 0 bridgehead atoms. The first kappa shape index (κ1) is 14.0. The molecule has 2 atom stereocenters. The number of benzene rings is 2. The summed E-state index contributed by atoms with van der Waals surface area (Å²) in [6.45, 7) is 1.85. The van der Waals surface area contributed by atoms with Gasteiger partial charge in [-0.05, 0) is 61.2 Å². The maximum absolute atomic E-state index is 13.8. The van der Waals surface area contributed by atoms with Gasteiger partial charge in [-0.3, -0.25) is 0 Å². The molecule has 0 fully saturated rings. The highest BCUT2D eigenvalue weighted by Crippen LogP contribution is 2.34. The first-order valence-corrected chi connectivity index (χ1v) is 7.14. The molecule has 2 nitrogen and oxygen atoms in total. The quantitative estimate of drug-likeness (QED) is 0.841. The second kappa shape index (κ2) is 5.45. The first-order chi connectivity index (χ1) is 10.0. The van der Waals surface area contributed by atoms with E-state index in [4.69, 9.17) is 5.73 Å². The van der Waals surface area contributed by atoms with Crippen molar-refractivity contribution in [2.45, 2.75) is 31.8 Å². The molecule has 21 heavy (non-hydrogen) atoms. The smallest absolute Gasteiger partial charge is 0.128 e. The molecule has 110 valence electrons. The van der Waals surface area contributed by atoms with Crippen LogP contribution in [0.1, 0.15) is 42.1 Å². The van der Waals surface area contributed by atoms with Crippen LogP contribution in [-0.4, -0.2) is 0 Å². The molecule has 1 aliphatic carbocycles. The van der Waals surface area contributed by atoms with Gasteiger partial charge < -0.3 is 11.1 Å². The third-order valence-electron chi connectivity index (χ3n) is 4.12. The third kappa shape index (κ3) is 2.76. The van der Waals surface area contributed by atoms with Crippen molar-refractivity contribution in [1.29, 1.82) is 0 Å². The molecule has 1 aliphatic rings. The van der Waals surface area contributed by atoms with Gasteiger partial charge >= 0.3 is 0 Å². The van der Waals surface area contributed by atoms with Crippen molar-refractivity contribution in [3.63, 3.8) is 0 Å². The van der Waals surface area contributed by atoms with Crippen LogP contribution < -0.4 is 11.1 Å². The summed E-state index contributed by atoms with van der Waals surface area (Å²) in [4.78, 5) is 0. The van der Waals surface area contributed by atoms with Gasteiger partial charge in [0.2, 0.25) is 0 Å². The number of rotatable bonds is 3. The lowest BCUT2D eigenvalue weighted by Gasteiger charge is -2.21. The predicted molar refractivity (Wildman–Crippen MR) is 79.8 cm³/mol. The maximum Gasteiger partial charge on any atom is 0.128 e. The minimum Gasteiger partial charge on any atom is -0.399 e. The van der Waals surface area contributed by atoms with Gasteiger partial charge in [-0.15, -0.1) is 0 Å². The topological polar surface area (TPSA) is 38.0 Å². The highest BCUT2D eigenvalue weighted by Gasteiger charge is 2.24. The molecule has 0 saturated heterocycles. The zero-order valence-corrected chi connectivity index (χ0v) is 11.9. The Hall–Kier alpha value is -1.94. The Balaban J connectivity index is 1.81. The standard InChI is InChI=1S/C17H18F2N2/c1-10(15-9-12(18)3-6-16(15)19)21-17-7-2-11-8-13(20)4-5-14(11)17/h3-6,8-10,17,21H,2,7,20H2,1H3. The van der Waals surface area contributed by atoms with Gasteiger partial charge in [0.25, 0.3) is 0 Å². The summed E-state index contributed by atoms with van der Waals surface area (Å²) in [5, 5.41) is 3.39. The SMILES string of the molecule is CC(NC1CCc2cc(N)ccc21)c1cc(F)ccc1F. The monoisotopic (exact) mass is 288 g/mol. The second-order valence-electron chi connectivity index (χ2n) is 5.60. The van der Waals surface area contributed by atoms with Gasteiger partial charge in [0.15, 0.2) is 0 Å². The van der Waals surface area contributed by atoms with E-state index in [0.717, 1.165) is 24.6 Å². The van der Waals surface area contributed by atoms with E-state index in [0.29, 0.717) is 5.56 Å². The first-order valence-electron chi connectivity index (χ1n) is 7.14. The lowest BCUT2D eigenvalue weighted by atomic mass is 10.0. The molecule has 0 amide bonds. The summed E-state index contributed by atoms with van der Waals surface area (Å²) in [6, 6.07) is 9.35. The lowest BCUT2D eigenvalue weighted by molar-refractivity contribution is 0.447. The van der Waals surface area contributed by atoms with Gasteiger partial charge in [0, 0.05) is 23.3 Å². The normalized spacial score (nSPS) is 18.5. The van der Waals surface area contributed by atoms with Gasteiger partial charge in [0.1, 0.15) is 11.6 Å². The van der Waals surface area contributed by atoms with Crippen LogP contribution in [-0.2, 0) is 6.42 Å². The lowest BCUT2D eigenvalue weighted by Crippen LogP contribution is -2.23. The van der Waals surface area contributed by atoms with Crippen LogP contribution in [0.2, 0.25) is 0 Å². The van der Waals surface area contributed by atoms with Crippen LogP contribution in [0.25, 0.3) is 0 Å². The molecule has 2 aromatic rings.